The fraction of sp³-hybridized carbons (Fsp3) is 0.385. The van der Waals surface area contributed by atoms with E-state index in [1.807, 2.05) is 44.2 Å². The number of hydrogen-bond donors (Lipinski definition) is 4. The number of fused-ring (bicyclic) bond motifs is 1. The zero-order valence-corrected chi connectivity index (χ0v) is 20.3. The lowest BCUT2D eigenvalue weighted by atomic mass is 9.97. The number of benzene rings is 2. The monoisotopic (exact) mass is 480 g/mol. The van der Waals surface area contributed by atoms with Gasteiger partial charge in [-0.15, -0.1) is 0 Å². The number of nitrogens with one attached hydrogen (secondary N) is 3. The van der Waals surface area contributed by atoms with Gasteiger partial charge >= 0.3 is 12.0 Å². The van der Waals surface area contributed by atoms with Crippen LogP contribution in [-0.4, -0.2) is 47.0 Å². The zero-order chi connectivity index (χ0) is 25.7. The topological polar surface area (TPSA) is 128 Å². The number of carbonyl (C=O) groups is 4. The van der Waals surface area contributed by atoms with Crippen molar-refractivity contribution in [2.24, 2.45) is 11.8 Å². The summed E-state index contributed by atoms with van der Waals surface area (Å²) in [7, 11) is 0. The molecule has 186 valence electrons. The van der Waals surface area contributed by atoms with E-state index in [9.17, 15) is 24.3 Å². The number of carbonyl (C=O) groups excluding carboxylic acids is 3. The average molecular weight is 481 g/mol. The molecule has 2 aromatic carbocycles. The molecular weight excluding hydrogens is 448 g/mol. The van der Waals surface area contributed by atoms with Gasteiger partial charge in [0, 0.05) is 6.42 Å². The second kappa shape index (κ2) is 11.0. The molecule has 9 nitrogen and oxygen atoms in total. The largest absolute Gasteiger partial charge is 0.480 e. The van der Waals surface area contributed by atoms with E-state index in [1.54, 1.807) is 38.1 Å². The second-order valence-electron chi connectivity index (χ2n) is 9.33. The SMILES string of the molecule is CC(C)[C@H](NC(=O)[C@@H](Cc1ccccc1)NC(=O)N1c2ccccc2NC(=O)[C@H]1C(C)C)C(=O)O. The summed E-state index contributed by atoms with van der Waals surface area (Å²) in [5, 5.41) is 17.7. The Kier molecular flexibility index (Phi) is 8.11. The van der Waals surface area contributed by atoms with Crippen LogP contribution < -0.4 is 20.9 Å². The van der Waals surface area contributed by atoms with Gasteiger partial charge < -0.3 is 21.1 Å². The number of carboxylic acid groups (broad SMARTS) is 1. The fourth-order valence-corrected chi connectivity index (χ4v) is 4.14. The van der Waals surface area contributed by atoms with Gasteiger partial charge in [-0.25, -0.2) is 9.59 Å². The van der Waals surface area contributed by atoms with Gasteiger partial charge in [0.05, 0.1) is 11.4 Å². The first kappa shape index (κ1) is 25.7. The molecule has 4 amide bonds. The minimum Gasteiger partial charge on any atom is -0.480 e. The summed E-state index contributed by atoms with van der Waals surface area (Å²) in [5.41, 5.74) is 1.81. The molecule has 0 aromatic heterocycles. The number of aliphatic carboxylic acids is 1. The van der Waals surface area contributed by atoms with Gasteiger partial charge in [0.1, 0.15) is 18.1 Å². The molecule has 35 heavy (non-hydrogen) atoms. The van der Waals surface area contributed by atoms with E-state index in [-0.39, 0.29) is 24.2 Å². The van der Waals surface area contributed by atoms with E-state index in [0.717, 1.165) is 5.56 Å². The molecule has 1 aliphatic heterocycles. The van der Waals surface area contributed by atoms with Crippen LogP contribution in [0.15, 0.2) is 54.6 Å². The normalized spacial score (nSPS) is 16.8. The average Bonchev–Trinajstić information content (AvgIpc) is 2.80. The van der Waals surface area contributed by atoms with E-state index in [4.69, 9.17) is 0 Å². The molecule has 0 fully saturated rings. The van der Waals surface area contributed by atoms with Crippen molar-refractivity contribution in [3.05, 3.63) is 60.2 Å². The Morgan fingerprint density at radius 3 is 2.20 bits per heavy atom. The highest BCUT2D eigenvalue weighted by Crippen LogP contribution is 2.34. The van der Waals surface area contributed by atoms with Gasteiger partial charge in [-0.1, -0.05) is 70.2 Å². The van der Waals surface area contributed by atoms with Gasteiger partial charge in [-0.05, 0) is 29.5 Å². The maximum absolute atomic E-state index is 13.6. The van der Waals surface area contributed by atoms with Crippen LogP contribution in [0.1, 0.15) is 33.3 Å². The minimum absolute atomic E-state index is 0.150. The second-order valence-corrected chi connectivity index (χ2v) is 9.33. The molecule has 4 N–H and O–H groups in total. The molecule has 0 saturated heterocycles. The van der Waals surface area contributed by atoms with Crippen molar-refractivity contribution in [1.82, 2.24) is 10.6 Å². The van der Waals surface area contributed by atoms with Crippen LogP contribution in [0.25, 0.3) is 0 Å². The maximum Gasteiger partial charge on any atom is 0.326 e. The van der Waals surface area contributed by atoms with Crippen molar-refractivity contribution in [2.75, 3.05) is 10.2 Å². The molecule has 3 rings (SSSR count). The van der Waals surface area contributed by atoms with Crippen LogP contribution in [0.5, 0.6) is 0 Å². The number of anilines is 2. The number of rotatable bonds is 8. The molecule has 1 heterocycles. The molecule has 0 unspecified atom stereocenters. The third kappa shape index (κ3) is 5.98. The van der Waals surface area contributed by atoms with E-state index in [1.165, 1.54) is 4.90 Å². The Hall–Kier alpha value is -3.88. The number of hydrogen-bond acceptors (Lipinski definition) is 4. The predicted octanol–water partition coefficient (Wildman–Crippen LogP) is 3.02. The molecule has 9 heteroatoms. The van der Waals surface area contributed by atoms with Crippen molar-refractivity contribution in [2.45, 2.75) is 52.2 Å². The third-order valence-electron chi connectivity index (χ3n) is 5.95. The number of urea groups is 1. The molecule has 0 spiro atoms. The number of para-hydroxylation sites is 2. The summed E-state index contributed by atoms with van der Waals surface area (Å²) in [5.74, 6) is -2.64. The highest BCUT2D eigenvalue weighted by molar-refractivity contribution is 6.12. The van der Waals surface area contributed by atoms with Crippen molar-refractivity contribution in [3.63, 3.8) is 0 Å². The quantitative estimate of drug-likeness (QED) is 0.462. The zero-order valence-electron chi connectivity index (χ0n) is 20.3. The van der Waals surface area contributed by atoms with Crippen LogP contribution in [0, 0.1) is 11.8 Å². The Morgan fingerprint density at radius 2 is 1.60 bits per heavy atom. The summed E-state index contributed by atoms with van der Waals surface area (Å²) in [6, 6.07) is 12.5. The van der Waals surface area contributed by atoms with Gasteiger partial charge in [0.15, 0.2) is 0 Å². The third-order valence-corrected chi connectivity index (χ3v) is 5.95. The summed E-state index contributed by atoms with van der Waals surface area (Å²) < 4.78 is 0. The van der Waals surface area contributed by atoms with E-state index in [0.29, 0.717) is 11.4 Å². The molecule has 0 radical (unpaired) electrons. The van der Waals surface area contributed by atoms with Crippen molar-refractivity contribution in [1.29, 1.82) is 0 Å². The maximum atomic E-state index is 13.6. The standard InChI is InChI=1S/C26H32N4O5/c1-15(2)21(25(33)34)29-23(31)19(14-17-10-6-5-7-11-17)28-26(35)30-20-13-9-8-12-18(20)27-24(32)22(30)16(3)4/h5-13,15-16,19,21-22H,14H2,1-4H3,(H,27,32)(H,28,35)(H,29,31)(H,33,34)/t19-,21+,22-/m1/s1. The highest BCUT2D eigenvalue weighted by Gasteiger charge is 2.40. The van der Waals surface area contributed by atoms with E-state index < -0.39 is 36.0 Å². The Bertz CT molecular complexity index is 1090. The first-order valence-corrected chi connectivity index (χ1v) is 11.7. The predicted molar refractivity (Wildman–Crippen MR) is 133 cm³/mol. The molecule has 2 aromatic rings. The first-order chi connectivity index (χ1) is 16.6. The fourth-order valence-electron chi connectivity index (χ4n) is 4.14. The van der Waals surface area contributed by atoms with Crippen LogP contribution in [0.2, 0.25) is 0 Å². The molecule has 0 bridgehead atoms. The lowest BCUT2D eigenvalue weighted by Crippen LogP contribution is -2.60. The Balaban J connectivity index is 1.93. The van der Waals surface area contributed by atoms with Crippen molar-refractivity contribution in [3.8, 4) is 0 Å². The van der Waals surface area contributed by atoms with Crippen LogP contribution >= 0.6 is 0 Å². The lowest BCUT2D eigenvalue weighted by molar-refractivity contribution is -0.143. The van der Waals surface area contributed by atoms with Gasteiger partial charge in [0.25, 0.3) is 0 Å². The minimum atomic E-state index is -1.15. The molecular formula is C26H32N4O5. The number of carboxylic acids is 1. The molecule has 3 atom stereocenters. The summed E-state index contributed by atoms with van der Waals surface area (Å²) in [6.45, 7) is 7.07. The van der Waals surface area contributed by atoms with Crippen LogP contribution in [0.3, 0.4) is 0 Å². The van der Waals surface area contributed by atoms with Crippen LogP contribution in [-0.2, 0) is 20.8 Å². The molecule has 0 aliphatic carbocycles. The lowest BCUT2D eigenvalue weighted by Gasteiger charge is -2.39. The van der Waals surface area contributed by atoms with E-state index in [2.05, 4.69) is 16.0 Å². The van der Waals surface area contributed by atoms with E-state index >= 15 is 0 Å². The first-order valence-electron chi connectivity index (χ1n) is 11.7. The molecule has 0 saturated carbocycles. The summed E-state index contributed by atoms with van der Waals surface area (Å²) in [4.78, 5) is 52.7. The number of nitrogens with zero attached hydrogens (tertiary/aromatic N) is 1. The van der Waals surface area contributed by atoms with Crippen molar-refractivity contribution >= 4 is 35.2 Å². The Labute approximate surface area is 204 Å². The van der Waals surface area contributed by atoms with Gasteiger partial charge in [0.2, 0.25) is 11.8 Å². The summed E-state index contributed by atoms with van der Waals surface area (Å²) in [6.07, 6.45) is 0.150. The molecule has 1 aliphatic rings. The van der Waals surface area contributed by atoms with Gasteiger partial charge in [-0.3, -0.25) is 14.5 Å². The highest BCUT2D eigenvalue weighted by atomic mass is 16.4. The van der Waals surface area contributed by atoms with Crippen molar-refractivity contribution < 1.29 is 24.3 Å². The van der Waals surface area contributed by atoms with Gasteiger partial charge in [-0.2, -0.15) is 0 Å². The Morgan fingerprint density at radius 1 is 0.971 bits per heavy atom. The summed E-state index contributed by atoms with van der Waals surface area (Å²) >= 11 is 0. The van der Waals surface area contributed by atoms with Crippen LogP contribution in [0.4, 0.5) is 16.2 Å². The smallest absolute Gasteiger partial charge is 0.326 e. The number of amides is 4.